The lowest BCUT2D eigenvalue weighted by Gasteiger charge is -2.39. The van der Waals surface area contributed by atoms with Gasteiger partial charge < -0.3 is 19.9 Å². The molecule has 3 aliphatic rings. The van der Waals surface area contributed by atoms with E-state index in [1.165, 1.54) is 0 Å². The molecule has 4 rings (SSSR count). The number of carbonyl (C=O) groups is 3. The van der Waals surface area contributed by atoms with Gasteiger partial charge in [-0.1, -0.05) is 19.1 Å². The summed E-state index contributed by atoms with van der Waals surface area (Å²) in [4.78, 5) is 43.1. The van der Waals surface area contributed by atoms with Gasteiger partial charge in [-0.15, -0.1) is 0 Å². The summed E-state index contributed by atoms with van der Waals surface area (Å²) in [6.07, 6.45) is 4.55. The molecule has 1 N–H and O–H groups in total. The zero-order valence-electron chi connectivity index (χ0n) is 18.9. The molecule has 8 nitrogen and oxygen atoms in total. The van der Waals surface area contributed by atoms with E-state index >= 15 is 0 Å². The van der Waals surface area contributed by atoms with Gasteiger partial charge in [0.25, 0.3) is 0 Å². The number of hydrogen-bond acceptors (Lipinski definition) is 4. The molecule has 2 fully saturated rings. The number of piperidine rings is 1. The predicted molar refractivity (Wildman–Crippen MR) is 122 cm³/mol. The minimum atomic E-state index is -0.0622. The van der Waals surface area contributed by atoms with E-state index in [-0.39, 0.29) is 29.9 Å². The lowest BCUT2D eigenvalue weighted by molar-refractivity contribution is -0.127. The number of amides is 4. The van der Waals surface area contributed by atoms with Crippen molar-refractivity contribution >= 4 is 23.5 Å². The number of likely N-dealkylation sites (tertiary alicyclic amines) is 2. The Morgan fingerprint density at radius 2 is 1.94 bits per heavy atom. The second-order valence-corrected chi connectivity index (χ2v) is 8.90. The quantitative estimate of drug-likeness (QED) is 0.687. The van der Waals surface area contributed by atoms with Gasteiger partial charge in [-0.25, -0.2) is 4.79 Å². The molecule has 32 heavy (non-hydrogen) atoms. The summed E-state index contributed by atoms with van der Waals surface area (Å²) in [5.41, 5.74) is 0.818. The third-order valence-electron chi connectivity index (χ3n) is 6.73. The Kier molecular flexibility index (Phi) is 7.17. The van der Waals surface area contributed by atoms with Crippen LogP contribution in [-0.4, -0.2) is 73.0 Å². The lowest BCUT2D eigenvalue weighted by Crippen LogP contribution is -2.52. The van der Waals surface area contributed by atoms with Crippen molar-refractivity contribution in [2.45, 2.75) is 51.6 Å². The highest BCUT2D eigenvalue weighted by Crippen LogP contribution is 2.35. The maximum absolute atomic E-state index is 13.3. The van der Waals surface area contributed by atoms with Crippen molar-refractivity contribution in [3.63, 3.8) is 0 Å². The summed E-state index contributed by atoms with van der Waals surface area (Å²) in [6.45, 7) is 5.91. The first-order chi connectivity index (χ1) is 15.6. The molecule has 4 amide bonds. The molecule has 1 aromatic carbocycles. The summed E-state index contributed by atoms with van der Waals surface area (Å²) in [6, 6.07) is 7.67. The molecule has 8 heteroatoms. The fraction of sp³-hybridized carbons (Fsp3) is 0.625. The maximum atomic E-state index is 13.3. The van der Waals surface area contributed by atoms with Crippen LogP contribution in [-0.2, 0) is 9.59 Å². The average molecular weight is 443 g/mol. The average Bonchev–Trinajstić information content (AvgIpc) is 3.25. The van der Waals surface area contributed by atoms with Crippen molar-refractivity contribution in [3.05, 3.63) is 24.3 Å². The predicted octanol–water partition coefficient (Wildman–Crippen LogP) is 2.62. The molecule has 1 aromatic rings. The van der Waals surface area contributed by atoms with Crippen LogP contribution in [0.5, 0.6) is 5.75 Å². The van der Waals surface area contributed by atoms with E-state index in [0.717, 1.165) is 37.2 Å². The molecule has 1 unspecified atom stereocenters. The van der Waals surface area contributed by atoms with Crippen molar-refractivity contribution in [1.29, 1.82) is 0 Å². The number of hydrogen-bond donors (Lipinski definition) is 1. The summed E-state index contributed by atoms with van der Waals surface area (Å²) in [5, 5.41) is 3.02. The number of benzene rings is 1. The van der Waals surface area contributed by atoms with Crippen molar-refractivity contribution < 1.29 is 19.1 Å². The Bertz CT molecular complexity index is 837. The molecule has 0 aliphatic carbocycles. The standard InChI is InChI=1S/C24H34N4O4/c1-2-19-17-28(20-7-3-4-8-21(20)32-19)24(31)27-15-10-18(11-16-27)23(30)25-12-6-14-26-13-5-9-22(26)29/h3-4,7-8,18-19H,2,5-6,9-17H2,1H3,(H,25,30). The van der Waals surface area contributed by atoms with Gasteiger partial charge in [0.15, 0.2) is 0 Å². The van der Waals surface area contributed by atoms with Crippen LogP contribution in [0.25, 0.3) is 0 Å². The van der Waals surface area contributed by atoms with Gasteiger partial charge in [0.1, 0.15) is 11.9 Å². The smallest absolute Gasteiger partial charge is 0.324 e. The van der Waals surface area contributed by atoms with E-state index in [1.54, 1.807) is 0 Å². The first kappa shape index (κ1) is 22.4. The Morgan fingerprint density at radius 3 is 2.66 bits per heavy atom. The van der Waals surface area contributed by atoms with Gasteiger partial charge in [0.05, 0.1) is 12.2 Å². The zero-order chi connectivity index (χ0) is 22.5. The Morgan fingerprint density at radius 1 is 1.16 bits per heavy atom. The Balaban J connectivity index is 1.24. The van der Waals surface area contributed by atoms with Gasteiger partial charge in [-0.2, -0.15) is 0 Å². The van der Waals surface area contributed by atoms with E-state index in [0.29, 0.717) is 52.0 Å². The Labute approximate surface area is 189 Å². The number of para-hydroxylation sites is 2. The topological polar surface area (TPSA) is 82.2 Å². The molecular formula is C24H34N4O4. The minimum Gasteiger partial charge on any atom is -0.486 e. The number of fused-ring (bicyclic) bond motifs is 1. The first-order valence-corrected chi connectivity index (χ1v) is 11.9. The van der Waals surface area contributed by atoms with E-state index in [2.05, 4.69) is 12.2 Å². The molecule has 3 heterocycles. The monoisotopic (exact) mass is 442 g/mol. The van der Waals surface area contributed by atoms with Gasteiger partial charge in [0.2, 0.25) is 11.8 Å². The van der Waals surface area contributed by atoms with Crippen LogP contribution in [0.2, 0.25) is 0 Å². The zero-order valence-corrected chi connectivity index (χ0v) is 18.9. The van der Waals surface area contributed by atoms with Gasteiger partial charge in [-0.3, -0.25) is 14.5 Å². The maximum Gasteiger partial charge on any atom is 0.324 e. The minimum absolute atomic E-state index is 0.00617. The molecule has 174 valence electrons. The van der Waals surface area contributed by atoms with Gasteiger partial charge in [0, 0.05) is 45.1 Å². The fourth-order valence-corrected chi connectivity index (χ4v) is 4.76. The fourth-order valence-electron chi connectivity index (χ4n) is 4.76. The highest BCUT2D eigenvalue weighted by molar-refractivity contribution is 5.94. The summed E-state index contributed by atoms with van der Waals surface area (Å²) in [7, 11) is 0. The lowest BCUT2D eigenvalue weighted by atomic mass is 9.96. The van der Waals surface area contributed by atoms with Crippen molar-refractivity contribution in [1.82, 2.24) is 15.1 Å². The first-order valence-electron chi connectivity index (χ1n) is 11.9. The third kappa shape index (κ3) is 5.00. The van der Waals surface area contributed by atoms with Crippen LogP contribution in [0.4, 0.5) is 10.5 Å². The SMILES string of the molecule is CCC1CN(C(=O)N2CCC(C(=O)NCCCN3CCCC3=O)CC2)c2ccccc2O1. The van der Waals surface area contributed by atoms with Crippen LogP contribution in [0.1, 0.15) is 45.4 Å². The summed E-state index contributed by atoms with van der Waals surface area (Å²) < 4.78 is 6.00. The van der Waals surface area contributed by atoms with Crippen LogP contribution in [0, 0.1) is 5.92 Å². The highest BCUT2D eigenvalue weighted by atomic mass is 16.5. The van der Waals surface area contributed by atoms with E-state index < -0.39 is 0 Å². The molecule has 3 aliphatic heterocycles. The number of ether oxygens (including phenoxy) is 1. The molecule has 0 aromatic heterocycles. The van der Waals surface area contributed by atoms with Crippen molar-refractivity contribution in [3.8, 4) is 5.75 Å². The molecule has 1 atom stereocenters. The van der Waals surface area contributed by atoms with Gasteiger partial charge in [-0.05, 0) is 44.2 Å². The number of urea groups is 1. The highest BCUT2D eigenvalue weighted by Gasteiger charge is 2.34. The number of rotatable bonds is 6. The normalized spacial score (nSPS) is 21.3. The summed E-state index contributed by atoms with van der Waals surface area (Å²) in [5.74, 6) is 0.978. The number of anilines is 1. The summed E-state index contributed by atoms with van der Waals surface area (Å²) >= 11 is 0. The van der Waals surface area contributed by atoms with Crippen LogP contribution in [0.3, 0.4) is 0 Å². The molecule has 0 spiro atoms. The molecular weight excluding hydrogens is 408 g/mol. The van der Waals surface area contributed by atoms with Crippen LogP contribution >= 0.6 is 0 Å². The number of nitrogens with zero attached hydrogens (tertiary/aromatic N) is 3. The molecule has 0 bridgehead atoms. The number of nitrogens with one attached hydrogen (secondary N) is 1. The largest absolute Gasteiger partial charge is 0.486 e. The molecule has 2 saturated heterocycles. The van der Waals surface area contributed by atoms with E-state index in [4.69, 9.17) is 4.74 Å². The second kappa shape index (κ2) is 10.2. The molecule has 0 saturated carbocycles. The Hall–Kier alpha value is -2.77. The second-order valence-electron chi connectivity index (χ2n) is 8.90. The van der Waals surface area contributed by atoms with E-state index in [9.17, 15) is 14.4 Å². The molecule has 0 radical (unpaired) electrons. The van der Waals surface area contributed by atoms with Crippen LogP contribution in [0.15, 0.2) is 24.3 Å². The van der Waals surface area contributed by atoms with Crippen molar-refractivity contribution in [2.24, 2.45) is 5.92 Å². The third-order valence-corrected chi connectivity index (χ3v) is 6.73. The van der Waals surface area contributed by atoms with Gasteiger partial charge >= 0.3 is 6.03 Å². The van der Waals surface area contributed by atoms with Crippen LogP contribution < -0.4 is 15.0 Å². The number of carbonyl (C=O) groups excluding carboxylic acids is 3. The van der Waals surface area contributed by atoms with E-state index in [1.807, 2.05) is 39.0 Å². The van der Waals surface area contributed by atoms with Crippen molar-refractivity contribution in [2.75, 3.05) is 44.2 Å².